The first-order valence-corrected chi connectivity index (χ1v) is 12.1. The molecule has 1 saturated heterocycles. The fourth-order valence-corrected chi connectivity index (χ4v) is 4.73. The van der Waals surface area contributed by atoms with E-state index in [4.69, 9.17) is 9.47 Å². The topological polar surface area (TPSA) is 93.2 Å². The van der Waals surface area contributed by atoms with Gasteiger partial charge in [-0.05, 0) is 49.5 Å². The van der Waals surface area contributed by atoms with E-state index >= 15 is 0 Å². The molecule has 1 aromatic rings. The van der Waals surface area contributed by atoms with Gasteiger partial charge in [-0.25, -0.2) is 8.42 Å². The van der Waals surface area contributed by atoms with Gasteiger partial charge in [0, 0.05) is 32.3 Å². The van der Waals surface area contributed by atoms with E-state index in [1.54, 1.807) is 42.2 Å². The molecule has 0 radical (unpaired) electrons. The second-order valence-electron chi connectivity index (χ2n) is 7.70. The zero-order chi connectivity index (χ0) is 22.3. The Morgan fingerprint density at radius 3 is 2.48 bits per heavy atom. The van der Waals surface area contributed by atoms with Gasteiger partial charge in [-0.3, -0.25) is 9.59 Å². The number of nitrogens with zero attached hydrogens (tertiary/aromatic N) is 2. The van der Waals surface area contributed by atoms with Crippen molar-refractivity contribution in [2.75, 3.05) is 46.0 Å². The number of morpholine rings is 1. The van der Waals surface area contributed by atoms with Gasteiger partial charge in [-0.1, -0.05) is 12.1 Å². The lowest BCUT2D eigenvalue weighted by Crippen LogP contribution is -2.40. The maximum Gasteiger partial charge on any atom is 0.307 e. The number of esters is 1. The molecule has 1 aliphatic carbocycles. The molecular weight excluding hydrogens is 420 g/mol. The minimum absolute atomic E-state index is 0.166. The van der Waals surface area contributed by atoms with Crippen LogP contribution in [-0.2, 0) is 29.1 Å². The van der Waals surface area contributed by atoms with Gasteiger partial charge in [0.2, 0.25) is 15.9 Å². The van der Waals surface area contributed by atoms with Crippen LogP contribution in [0.5, 0.6) is 0 Å². The maximum atomic E-state index is 12.7. The Kier molecular flexibility index (Phi) is 8.22. The van der Waals surface area contributed by atoms with Crippen LogP contribution in [0, 0.1) is 5.92 Å². The minimum atomic E-state index is -3.54. The van der Waals surface area contributed by atoms with E-state index in [0.29, 0.717) is 51.9 Å². The molecule has 0 atom stereocenters. The predicted molar refractivity (Wildman–Crippen MR) is 116 cm³/mol. The van der Waals surface area contributed by atoms with Crippen LogP contribution in [0.4, 0.5) is 0 Å². The van der Waals surface area contributed by atoms with Gasteiger partial charge in [0.05, 0.1) is 31.1 Å². The molecule has 1 amide bonds. The largest absolute Gasteiger partial charge is 0.466 e. The molecule has 0 aromatic heterocycles. The number of carbonyl (C=O) groups is 2. The van der Waals surface area contributed by atoms with E-state index in [1.807, 2.05) is 0 Å². The molecule has 1 heterocycles. The van der Waals surface area contributed by atoms with Crippen LogP contribution >= 0.6 is 0 Å². The van der Waals surface area contributed by atoms with E-state index in [1.165, 1.54) is 10.4 Å². The highest BCUT2D eigenvalue weighted by Gasteiger charge is 2.27. The van der Waals surface area contributed by atoms with Crippen molar-refractivity contribution >= 4 is 28.0 Å². The quantitative estimate of drug-likeness (QED) is 0.399. The Balaban J connectivity index is 1.61. The molecule has 0 unspecified atom stereocenters. The van der Waals surface area contributed by atoms with E-state index in [0.717, 1.165) is 18.4 Å². The van der Waals surface area contributed by atoms with Gasteiger partial charge in [-0.2, -0.15) is 4.31 Å². The van der Waals surface area contributed by atoms with Crippen molar-refractivity contribution in [3.05, 3.63) is 35.9 Å². The van der Waals surface area contributed by atoms with Crippen LogP contribution in [-0.4, -0.2) is 75.5 Å². The van der Waals surface area contributed by atoms with Crippen molar-refractivity contribution in [3.8, 4) is 0 Å². The summed E-state index contributed by atoms with van der Waals surface area (Å²) in [5.74, 6) is 0.0302. The summed E-state index contributed by atoms with van der Waals surface area (Å²) in [7, 11) is -3.54. The Bertz CT molecular complexity index is 887. The van der Waals surface area contributed by atoms with Crippen LogP contribution in [0.1, 0.15) is 31.7 Å². The zero-order valence-electron chi connectivity index (χ0n) is 17.9. The highest BCUT2D eigenvalue weighted by Crippen LogP contribution is 2.30. The molecule has 170 valence electrons. The lowest BCUT2D eigenvalue weighted by molar-refractivity contribution is -0.143. The summed E-state index contributed by atoms with van der Waals surface area (Å²) in [5, 5.41) is 0. The average molecular weight is 451 g/mol. The zero-order valence-corrected chi connectivity index (χ0v) is 18.7. The molecule has 0 N–H and O–H groups in total. The Hall–Kier alpha value is -2.23. The molecule has 9 heteroatoms. The molecule has 2 fully saturated rings. The number of amides is 1. The van der Waals surface area contributed by atoms with Crippen molar-refractivity contribution in [1.29, 1.82) is 0 Å². The summed E-state index contributed by atoms with van der Waals surface area (Å²) in [6.07, 6.45) is 5.52. The van der Waals surface area contributed by atoms with Crippen LogP contribution in [0.3, 0.4) is 0 Å². The van der Waals surface area contributed by atoms with E-state index in [-0.39, 0.29) is 23.2 Å². The van der Waals surface area contributed by atoms with Crippen molar-refractivity contribution in [2.24, 2.45) is 5.92 Å². The number of carbonyl (C=O) groups excluding carboxylic acids is 2. The van der Waals surface area contributed by atoms with E-state index < -0.39 is 10.0 Å². The van der Waals surface area contributed by atoms with Crippen LogP contribution in [0.25, 0.3) is 6.08 Å². The fourth-order valence-electron chi connectivity index (χ4n) is 3.32. The number of benzene rings is 1. The van der Waals surface area contributed by atoms with Gasteiger partial charge in [0.15, 0.2) is 0 Å². The third-order valence-corrected chi connectivity index (χ3v) is 7.20. The Morgan fingerprint density at radius 1 is 1.19 bits per heavy atom. The summed E-state index contributed by atoms with van der Waals surface area (Å²) in [6.45, 7) is 4.54. The smallest absolute Gasteiger partial charge is 0.307 e. The average Bonchev–Trinajstić information content (AvgIpc) is 3.60. The third-order valence-electron chi connectivity index (χ3n) is 5.28. The molecule has 3 rings (SSSR count). The second kappa shape index (κ2) is 10.9. The normalized spacial score (nSPS) is 17.6. The molecular formula is C22H30N2O6S. The summed E-state index contributed by atoms with van der Waals surface area (Å²) >= 11 is 0. The van der Waals surface area contributed by atoms with Crippen LogP contribution in [0.15, 0.2) is 35.2 Å². The summed E-state index contributed by atoms with van der Waals surface area (Å²) in [4.78, 5) is 26.2. The molecule has 0 bridgehead atoms. The molecule has 8 nitrogen and oxygen atoms in total. The van der Waals surface area contributed by atoms with Crippen molar-refractivity contribution in [2.45, 2.75) is 31.1 Å². The monoisotopic (exact) mass is 450 g/mol. The summed E-state index contributed by atoms with van der Waals surface area (Å²) < 4.78 is 37.0. The van der Waals surface area contributed by atoms with Crippen molar-refractivity contribution in [1.82, 2.24) is 9.21 Å². The number of hydrogen-bond donors (Lipinski definition) is 0. The van der Waals surface area contributed by atoms with Gasteiger partial charge >= 0.3 is 5.97 Å². The lowest BCUT2D eigenvalue weighted by atomic mass is 10.2. The third kappa shape index (κ3) is 6.88. The highest BCUT2D eigenvalue weighted by molar-refractivity contribution is 7.89. The second-order valence-corrected chi connectivity index (χ2v) is 9.64. The van der Waals surface area contributed by atoms with E-state index in [2.05, 4.69) is 0 Å². The molecule has 2 aliphatic rings. The standard InChI is InChI=1S/C22H30N2O6S/c1-2-30-22(26)11-12-23(17-19-3-4-19)21(25)10-7-18-5-8-20(9-6-18)31(27,28)24-13-15-29-16-14-24/h5-10,19H,2-4,11-17H2,1H3/b10-7+. The summed E-state index contributed by atoms with van der Waals surface area (Å²) in [6, 6.07) is 6.47. The Morgan fingerprint density at radius 2 is 1.87 bits per heavy atom. The fraction of sp³-hybridized carbons (Fsp3) is 0.545. The number of rotatable bonds is 10. The summed E-state index contributed by atoms with van der Waals surface area (Å²) in [5.41, 5.74) is 0.728. The van der Waals surface area contributed by atoms with Gasteiger partial charge in [-0.15, -0.1) is 0 Å². The number of ether oxygens (including phenoxy) is 2. The lowest BCUT2D eigenvalue weighted by Gasteiger charge is -2.26. The van der Waals surface area contributed by atoms with E-state index in [9.17, 15) is 18.0 Å². The molecule has 1 aliphatic heterocycles. The Labute approximate surface area is 183 Å². The predicted octanol–water partition coefficient (Wildman–Crippen LogP) is 1.91. The number of hydrogen-bond acceptors (Lipinski definition) is 6. The molecule has 31 heavy (non-hydrogen) atoms. The minimum Gasteiger partial charge on any atom is -0.466 e. The van der Waals surface area contributed by atoms with Crippen LogP contribution in [0.2, 0.25) is 0 Å². The number of sulfonamides is 1. The molecule has 0 spiro atoms. The van der Waals surface area contributed by atoms with Gasteiger partial charge in [0.1, 0.15) is 0 Å². The first-order valence-electron chi connectivity index (χ1n) is 10.7. The van der Waals surface area contributed by atoms with Crippen molar-refractivity contribution < 1.29 is 27.5 Å². The molecule has 1 aromatic carbocycles. The first-order chi connectivity index (χ1) is 14.9. The van der Waals surface area contributed by atoms with Gasteiger partial charge < -0.3 is 14.4 Å². The first kappa shape index (κ1) is 23.4. The highest BCUT2D eigenvalue weighted by atomic mass is 32.2. The molecule has 1 saturated carbocycles. The van der Waals surface area contributed by atoms with Crippen LogP contribution < -0.4 is 0 Å². The van der Waals surface area contributed by atoms with Crippen molar-refractivity contribution in [3.63, 3.8) is 0 Å². The SMILES string of the molecule is CCOC(=O)CCN(CC1CC1)C(=O)/C=C/c1ccc(S(=O)(=O)N2CCOCC2)cc1. The van der Waals surface area contributed by atoms with Gasteiger partial charge in [0.25, 0.3) is 0 Å². The maximum absolute atomic E-state index is 12.7.